The number of hydrogen-bond acceptors (Lipinski definition) is 8. The minimum atomic E-state index is -0.691. The molecule has 4 aromatic rings. The summed E-state index contributed by atoms with van der Waals surface area (Å²) in [6, 6.07) is 11.2. The average molecular weight is 803 g/mol. The third-order valence-corrected chi connectivity index (χ3v) is 12.6. The number of hydrogen-bond donors (Lipinski definition) is 4. The van der Waals surface area contributed by atoms with Gasteiger partial charge in [0.15, 0.2) is 0 Å². The van der Waals surface area contributed by atoms with Gasteiger partial charge in [-0.1, -0.05) is 76.2 Å². The van der Waals surface area contributed by atoms with Crippen LogP contribution in [-0.4, -0.2) is 93.1 Å². The van der Waals surface area contributed by atoms with Crippen molar-refractivity contribution in [1.82, 2.24) is 40.4 Å². The summed E-state index contributed by atoms with van der Waals surface area (Å²) in [6.45, 7) is 8.84. The molecule has 0 radical (unpaired) electrons. The Hall–Kier alpha value is -5.92. The number of likely N-dealkylation sites (tertiary alicyclic amines) is 2. The fourth-order valence-electron chi connectivity index (χ4n) is 9.56. The molecule has 2 aromatic heterocycles. The van der Waals surface area contributed by atoms with Crippen LogP contribution in [0.15, 0.2) is 60.9 Å². The first-order chi connectivity index (χ1) is 28.5. The molecule has 4 N–H and O–H groups in total. The number of imidazole rings is 2. The number of ether oxygens (including phenoxy) is 2. The van der Waals surface area contributed by atoms with Gasteiger partial charge < -0.3 is 39.9 Å². The number of alkyl carbamates (subject to hydrolysis) is 2. The standard InChI is InChI=1S/C45H54N8O6/c1-24(2)38(50-44(56)58-5)42(54)52-19-7-9-34(52)40-46-22-32(48-40)27-13-11-26(12-14-27)30-17-18-31(37-29-16-15-28(21-29)36(30)37)33-23-47-41(49-33)35-10-8-20-53(35)43(55)39(25(3)4)51-45(57)59-6/h11-18,22-25,28-29,34-35,38-39H,7-10,19-21H2,1-6H3,(H,46,48)(H,47,49)(H,50,56)(H,51,57)/t28?,29?,34-,35-,38-,39-/m0/s1. The maximum absolute atomic E-state index is 13.8. The first-order valence-corrected chi connectivity index (χ1v) is 20.8. The molecule has 2 fully saturated rings. The third-order valence-electron chi connectivity index (χ3n) is 12.6. The molecule has 4 aliphatic rings. The van der Waals surface area contributed by atoms with E-state index in [0.717, 1.165) is 71.8 Å². The summed E-state index contributed by atoms with van der Waals surface area (Å²) < 4.78 is 9.58. The summed E-state index contributed by atoms with van der Waals surface area (Å²) in [4.78, 5) is 71.8. The lowest BCUT2D eigenvalue weighted by Gasteiger charge is -2.30. The highest BCUT2D eigenvalue weighted by atomic mass is 16.5. The zero-order valence-electron chi connectivity index (χ0n) is 34.6. The van der Waals surface area contributed by atoms with Gasteiger partial charge in [-0.15, -0.1) is 0 Å². The Bertz CT molecular complexity index is 2260. The Morgan fingerprint density at radius 1 is 0.661 bits per heavy atom. The van der Waals surface area contributed by atoms with Crippen molar-refractivity contribution in [3.05, 3.63) is 83.7 Å². The van der Waals surface area contributed by atoms with Crippen LogP contribution in [-0.2, 0) is 19.1 Å². The van der Waals surface area contributed by atoms with Crippen molar-refractivity contribution < 1.29 is 28.7 Å². The fraction of sp³-hybridized carbons (Fsp3) is 0.467. The van der Waals surface area contributed by atoms with Gasteiger partial charge >= 0.3 is 12.2 Å². The van der Waals surface area contributed by atoms with Crippen LogP contribution in [0, 0.1) is 11.8 Å². The van der Waals surface area contributed by atoms with E-state index in [0.29, 0.717) is 24.9 Å². The van der Waals surface area contributed by atoms with Crippen LogP contribution in [0.25, 0.3) is 33.6 Å². The predicted molar refractivity (Wildman–Crippen MR) is 222 cm³/mol. The highest BCUT2D eigenvalue weighted by Gasteiger charge is 2.40. The van der Waals surface area contributed by atoms with E-state index in [9.17, 15) is 19.2 Å². The van der Waals surface area contributed by atoms with E-state index in [1.807, 2.05) is 49.9 Å². The van der Waals surface area contributed by atoms with E-state index in [1.165, 1.54) is 30.9 Å². The number of rotatable bonds is 11. The molecule has 310 valence electrons. The molecule has 4 heterocycles. The fourth-order valence-corrected chi connectivity index (χ4v) is 9.56. The Morgan fingerprint density at radius 2 is 1.12 bits per heavy atom. The summed E-state index contributed by atoms with van der Waals surface area (Å²) in [6.07, 6.45) is 11.5. The van der Waals surface area contributed by atoms with Crippen molar-refractivity contribution in [2.24, 2.45) is 11.8 Å². The zero-order valence-corrected chi connectivity index (χ0v) is 34.6. The van der Waals surface area contributed by atoms with Crippen LogP contribution in [0.1, 0.15) is 106 Å². The van der Waals surface area contributed by atoms with E-state index >= 15 is 0 Å². The Labute approximate surface area is 344 Å². The molecule has 2 aliphatic carbocycles. The molecule has 8 rings (SSSR count). The van der Waals surface area contributed by atoms with Crippen molar-refractivity contribution in [1.29, 1.82) is 0 Å². The van der Waals surface area contributed by atoms with Crippen molar-refractivity contribution in [3.8, 4) is 33.6 Å². The monoisotopic (exact) mass is 802 g/mol. The number of carbonyl (C=O) groups is 4. The molecule has 2 unspecified atom stereocenters. The molecule has 2 aliphatic heterocycles. The van der Waals surface area contributed by atoms with Gasteiger partial charge in [-0.05, 0) is 71.8 Å². The lowest BCUT2D eigenvalue weighted by atomic mass is 9.85. The number of benzene rings is 2. The number of allylic oxidation sites excluding steroid dienone is 2. The van der Waals surface area contributed by atoms with Gasteiger partial charge in [-0.25, -0.2) is 19.6 Å². The smallest absolute Gasteiger partial charge is 0.407 e. The first kappa shape index (κ1) is 39.9. The number of carbonyl (C=O) groups excluding carboxylic acids is 4. The molecule has 59 heavy (non-hydrogen) atoms. The molecule has 2 bridgehead atoms. The number of amides is 4. The molecule has 14 nitrogen and oxygen atoms in total. The van der Waals surface area contributed by atoms with Gasteiger partial charge in [0.1, 0.15) is 23.7 Å². The minimum Gasteiger partial charge on any atom is -0.453 e. The van der Waals surface area contributed by atoms with E-state index in [1.54, 1.807) is 0 Å². The molecule has 2 aromatic carbocycles. The Balaban J connectivity index is 1.01. The van der Waals surface area contributed by atoms with Crippen LogP contribution in [0.2, 0.25) is 0 Å². The molecule has 2 saturated heterocycles. The zero-order chi connectivity index (χ0) is 41.5. The van der Waals surface area contributed by atoms with E-state index in [4.69, 9.17) is 19.4 Å². The van der Waals surface area contributed by atoms with Crippen LogP contribution < -0.4 is 10.6 Å². The highest BCUT2D eigenvalue weighted by Crippen LogP contribution is 2.55. The second kappa shape index (κ2) is 16.4. The van der Waals surface area contributed by atoms with Gasteiger partial charge in [0.2, 0.25) is 11.8 Å². The largest absolute Gasteiger partial charge is 0.453 e. The number of fused-ring (bicyclic) bond motifs is 5. The number of aromatic nitrogens is 4. The molecule has 0 spiro atoms. The van der Waals surface area contributed by atoms with Gasteiger partial charge in [-0.2, -0.15) is 0 Å². The van der Waals surface area contributed by atoms with Gasteiger partial charge in [-0.3, -0.25) is 9.59 Å². The number of H-pyrrole nitrogens is 2. The second-order valence-corrected chi connectivity index (χ2v) is 16.9. The molecule has 0 saturated carbocycles. The summed E-state index contributed by atoms with van der Waals surface area (Å²) in [5.74, 6) is 1.65. The maximum Gasteiger partial charge on any atom is 0.407 e. The summed E-state index contributed by atoms with van der Waals surface area (Å²) in [5.41, 5.74) is 8.95. The van der Waals surface area contributed by atoms with E-state index in [-0.39, 0.29) is 35.7 Å². The molecule has 14 heteroatoms. The van der Waals surface area contributed by atoms with Crippen LogP contribution in [0.4, 0.5) is 9.59 Å². The minimum absolute atomic E-state index is 0.107. The Morgan fingerprint density at radius 3 is 1.63 bits per heavy atom. The van der Waals surface area contributed by atoms with Crippen molar-refractivity contribution in [2.45, 2.75) is 95.8 Å². The second-order valence-electron chi connectivity index (χ2n) is 16.9. The molecule has 6 atom stereocenters. The van der Waals surface area contributed by atoms with E-state index in [2.05, 4.69) is 69.2 Å². The summed E-state index contributed by atoms with van der Waals surface area (Å²) in [7, 11) is 2.60. The van der Waals surface area contributed by atoms with Crippen molar-refractivity contribution >= 4 is 24.0 Å². The number of aromatic amines is 2. The molecular formula is C45H54N8O6. The SMILES string of the molecule is COC(=O)N[C@H](C(=O)N1CCC[C@H]1c1ncc(-c2ccc(-c3ccc(-c4cnc([C@@H]5CCCN5C(=O)[C@@H](NC(=O)OC)C(C)C)[nH]4)c4c3C3C=CC4C3)cc2)[nH]1)C(C)C. The topological polar surface area (TPSA) is 175 Å². The van der Waals surface area contributed by atoms with Crippen molar-refractivity contribution in [3.63, 3.8) is 0 Å². The number of nitrogens with one attached hydrogen (secondary N) is 4. The first-order valence-electron chi connectivity index (χ1n) is 20.8. The van der Waals surface area contributed by atoms with E-state index < -0.39 is 24.3 Å². The Kier molecular flexibility index (Phi) is 11.1. The molecule has 4 amide bonds. The normalized spacial score (nSPS) is 21.6. The quantitative estimate of drug-likeness (QED) is 0.114. The maximum atomic E-state index is 13.8. The average Bonchev–Trinajstić information content (AvgIpc) is 4.10. The highest BCUT2D eigenvalue weighted by molar-refractivity contribution is 5.87. The summed E-state index contributed by atoms with van der Waals surface area (Å²) in [5, 5.41) is 5.44. The lowest BCUT2D eigenvalue weighted by molar-refractivity contribution is -0.136. The summed E-state index contributed by atoms with van der Waals surface area (Å²) >= 11 is 0. The number of methoxy groups -OCH3 is 2. The van der Waals surface area contributed by atoms with Gasteiger partial charge in [0.25, 0.3) is 0 Å². The lowest BCUT2D eigenvalue weighted by Crippen LogP contribution is -2.51. The van der Waals surface area contributed by atoms with Gasteiger partial charge in [0.05, 0.1) is 50.1 Å². The molecular weight excluding hydrogens is 749 g/mol. The third kappa shape index (κ3) is 7.49. The van der Waals surface area contributed by atoms with Crippen LogP contribution in [0.3, 0.4) is 0 Å². The van der Waals surface area contributed by atoms with Gasteiger partial charge in [0, 0.05) is 30.5 Å². The van der Waals surface area contributed by atoms with Crippen LogP contribution >= 0.6 is 0 Å². The van der Waals surface area contributed by atoms with Crippen LogP contribution in [0.5, 0.6) is 0 Å². The van der Waals surface area contributed by atoms with Crippen molar-refractivity contribution in [2.75, 3.05) is 27.3 Å². The predicted octanol–water partition coefficient (Wildman–Crippen LogP) is 7.36. The number of nitrogens with zero attached hydrogens (tertiary/aromatic N) is 4.